The number of rotatable bonds is 53. The molecule has 18 nitrogen and oxygen atoms in total. The van der Waals surface area contributed by atoms with Crippen molar-refractivity contribution in [1.82, 2.24) is 25.3 Å². The Hall–Kier alpha value is -4.45. The highest BCUT2D eigenvalue weighted by molar-refractivity contribution is 5.95. The summed E-state index contributed by atoms with van der Waals surface area (Å²) in [5.74, 6) is -6.35. The Kier molecular flexibility index (Phi) is 42.1. The average molecular weight is 1160 g/mol. The Bertz CT molecular complexity index is 1840. The van der Waals surface area contributed by atoms with Crippen LogP contribution < -0.4 is 22.1 Å². The number of carboxylic acids is 2. The van der Waals surface area contributed by atoms with Crippen molar-refractivity contribution in [3.05, 3.63) is 0 Å². The molecule has 2 fully saturated rings. The fourth-order valence-corrected chi connectivity index (χ4v) is 11.8. The van der Waals surface area contributed by atoms with E-state index in [9.17, 15) is 53.4 Å². The van der Waals surface area contributed by atoms with Crippen LogP contribution in [0.4, 0.5) is 0 Å². The first kappa shape index (κ1) is 73.7. The van der Waals surface area contributed by atoms with E-state index in [1.807, 2.05) is 0 Å². The lowest BCUT2D eigenvalue weighted by molar-refractivity contribution is -0.141. The number of unbranched alkanes of at least 4 members (excludes halogenated alkanes) is 23. The van der Waals surface area contributed by atoms with Crippen LogP contribution in [0.25, 0.3) is 0 Å². The summed E-state index contributed by atoms with van der Waals surface area (Å²) in [6.07, 6.45) is 30.8. The van der Waals surface area contributed by atoms with Crippen LogP contribution in [0, 0.1) is 11.8 Å². The minimum absolute atomic E-state index is 0.0566. The van der Waals surface area contributed by atoms with E-state index in [1.165, 1.54) is 89.9 Å². The minimum Gasteiger partial charge on any atom is -0.481 e. The summed E-state index contributed by atoms with van der Waals surface area (Å²) < 4.78 is 0. The molecule has 0 aliphatic carbocycles. The van der Waals surface area contributed by atoms with E-state index in [-0.39, 0.29) is 80.8 Å². The van der Waals surface area contributed by atoms with Crippen molar-refractivity contribution < 1.29 is 53.4 Å². The second-order valence-electron chi connectivity index (χ2n) is 23.8. The largest absolute Gasteiger partial charge is 0.481 e. The number of hydrogen-bond donors (Lipinski definition) is 6. The smallest absolute Gasteiger partial charge is 0.303 e. The highest BCUT2D eigenvalue weighted by Crippen LogP contribution is 2.27. The Morgan fingerprint density at radius 1 is 0.476 bits per heavy atom. The zero-order valence-electron chi connectivity index (χ0n) is 51.4. The second-order valence-corrected chi connectivity index (χ2v) is 23.8. The molecular weight excluding hydrogens is 1040 g/mol. The standard InChI is InChI=1S/C64H115N7O11/c1-3-5-7-9-11-13-15-17-19-21-24-36-58(74)70-47-30-34-54(70)56(72)49-51(38-40-60(76)77)62(80)67-44-28-26-33-53(64(82)69(46-32-43-66)45-29-23-27-42-65)68-63(81)52(39-41-61(78)79)50-57(73)55-35-31-48-71(55)59(75)37-25-22-20-18-16-14-12-10-8-6-4-2/h51-55H,3-50,65-66H2,1-2H3,(H,67,80)(H,68,81)(H,76,77)(H,78,79). The molecule has 0 aromatic heterocycles. The summed E-state index contributed by atoms with van der Waals surface area (Å²) >= 11 is 0. The number of ketones is 2. The molecule has 2 saturated heterocycles. The molecule has 2 heterocycles. The van der Waals surface area contributed by atoms with Crippen LogP contribution in [0.15, 0.2) is 0 Å². The minimum atomic E-state index is -1.13. The van der Waals surface area contributed by atoms with Crippen molar-refractivity contribution in [1.29, 1.82) is 0 Å². The van der Waals surface area contributed by atoms with Gasteiger partial charge < -0.3 is 47.0 Å². The predicted octanol–water partition coefficient (Wildman–Crippen LogP) is 10.3. The van der Waals surface area contributed by atoms with Gasteiger partial charge in [-0.1, -0.05) is 149 Å². The maximum absolute atomic E-state index is 14.5. The van der Waals surface area contributed by atoms with E-state index in [4.69, 9.17) is 11.5 Å². The molecule has 472 valence electrons. The Morgan fingerprint density at radius 3 is 1.30 bits per heavy atom. The molecule has 0 aromatic rings. The van der Waals surface area contributed by atoms with Crippen LogP contribution >= 0.6 is 0 Å². The van der Waals surface area contributed by atoms with Crippen molar-refractivity contribution in [2.24, 2.45) is 23.3 Å². The molecule has 5 atom stereocenters. The van der Waals surface area contributed by atoms with E-state index in [2.05, 4.69) is 24.5 Å². The molecule has 0 spiro atoms. The van der Waals surface area contributed by atoms with Gasteiger partial charge in [-0.2, -0.15) is 0 Å². The number of likely N-dealkylation sites (tertiary alicyclic amines) is 2. The zero-order chi connectivity index (χ0) is 60.2. The van der Waals surface area contributed by atoms with Gasteiger partial charge in [-0.25, -0.2) is 0 Å². The monoisotopic (exact) mass is 1160 g/mol. The van der Waals surface area contributed by atoms with Crippen LogP contribution in [0.2, 0.25) is 0 Å². The maximum Gasteiger partial charge on any atom is 0.303 e. The van der Waals surface area contributed by atoms with Gasteiger partial charge in [0.15, 0.2) is 11.6 Å². The lowest BCUT2D eigenvalue weighted by Crippen LogP contribution is -2.51. The summed E-state index contributed by atoms with van der Waals surface area (Å²) in [4.78, 5) is 126. The van der Waals surface area contributed by atoms with E-state index in [1.54, 1.807) is 14.7 Å². The predicted molar refractivity (Wildman–Crippen MR) is 324 cm³/mol. The molecule has 2 aliphatic heterocycles. The van der Waals surface area contributed by atoms with E-state index in [0.717, 1.165) is 64.2 Å². The Labute approximate surface area is 494 Å². The van der Waals surface area contributed by atoms with Gasteiger partial charge in [-0.05, 0) is 103 Å². The van der Waals surface area contributed by atoms with Crippen LogP contribution in [0.5, 0.6) is 0 Å². The number of amides is 5. The first-order valence-electron chi connectivity index (χ1n) is 33.0. The molecule has 0 bridgehead atoms. The molecule has 82 heavy (non-hydrogen) atoms. The van der Waals surface area contributed by atoms with E-state index in [0.29, 0.717) is 103 Å². The van der Waals surface area contributed by atoms with Gasteiger partial charge in [0.2, 0.25) is 29.5 Å². The third kappa shape index (κ3) is 32.6. The number of carboxylic acid groups (broad SMARTS) is 2. The first-order chi connectivity index (χ1) is 39.7. The maximum atomic E-state index is 14.5. The molecule has 0 saturated carbocycles. The number of nitrogens with two attached hydrogens (primary N) is 2. The molecule has 0 radical (unpaired) electrons. The molecule has 5 unspecified atom stereocenters. The fourth-order valence-electron chi connectivity index (χ4n) is 11.8. The number of nitrogens with one attached hydrogen (secondary N) is 2. The third-order valence-corrected chi connectivity index (χ3v) is 16.8. The molecular formula is C64H115N7O11. The van der Waals surface area contributed by atoms with Crippen LogP contribution in [-0.2, 0) is 43.2 Å². The number of carbonyl (C=O) groups is 9. The van der Waals surface area contributed by atoms with Crippen molar-refractivity contribution in [2.45, 2.75) is 295 Å². The van der Waals surface area contributed by atoms with Gasteiger partial charge in [0.25, 0.3) is 0 Å². The van der Waals surface area contributed by atoms with Gasteiger partial charge in [-0.15, -0.1) is 0 Å². The van der Waals surface area contributed by atoms with E-state index >= 15 is 0 Å². The number of carbonyl (C=O) groups excluding carboxylic acids is 7. The fraction of sp³-hybridized carbons (Fsp3) is 0.859. The third-order valence-electron chi connectivity index (χ3n) is 16.8. The summed E-state index contributed by atoms with van der Waals surface area (Å²) in [5.41, 5.74) is 11.6. The lowest BCUT2D eigenvalue weighted by atomic mass is 9.91. The van der Waals surface area contributed by atoms with Gasteiger partial charge in [0, 0.05) is 83.1 Å². The topological polar surface area (TPSA) is 280 Å². The summed E-state index contributed by atoms with van der Waals surface area (Å²) in [6, 6.07) is -2.40. The molecule has 2 aliphatic rings. The quantitative estimate of drug-likeness (QED) is 0.0310. The Balaban J connectivity index is 2.10. The van der Waals surface area contributed by atoms with Crippen LogP contribution in [0.3, 0.4) is 0 Å². The highest BCUT2D eigenvalue weighted by atomic mass is 16.4. The molecule has 0 aromatic carbocycles. The normalized spacial score (nSPS) is 16.2. The van der Waals surface area contributed by atoms with Gasteiger partial charge in [0.05, 0.1) is 12.1 Å². The second kappa shape index (κ2) is 46.9. The first-order valence-corrected chi connectivity index (χ1v) is 33.0. The summed E-state index contributed by atoms with van der Waals surface area (Å²) in [6.45, 7) is 7.08. The molecule has 2 rings (SSSR count). The number of hydrogen-bond acceptors (Lipinski definition) is 11. The number of Topliss-reactive ketones (excluding diaryl/α,β-unsaturated/α-hetero) is 2. The van der Waals surface area contributed by atoms with Gasteiger partial charge >= 0.3 is 11.9 Å². The zero-order valence-corrected chi connectivity index (χ0v) is 51.4. The van der Waals surface area contributed by atoms with E-state index < -0.39 is 53.7 Å². The number of aliphatic carboxylic acids is 2. The van der Waals surface area contributed by atoms with Crippen molar-refractivity contribution >= 4 is 53.0 Å². The summed E-state index contributed by atoms with van der Waals surface area (Å²) in [5, 5.41) is 25.1. The van der Waals surface area contributed by atoms with Crippen LogP contribution in [0.1, 0.15) is 277 Å². The molecule has 18 heteroatoms. The lowest BCUT2D eigenvalue weighted by Gasteiger charge is -2.30. The number of nitrogens with zero attached hydrogens (tertiary/aromatic N) is 3. The van der Waals surface area contributed by atoms with Gasteiger partial charge in [0.1, 0.15) is 6.04 Å². The van der Waals surface area contributed by atoms with Gasteiger partial charge in [-0.3, -0.25) is 43.2 Å². The molecule has 5 amide bonds. The van der Waals surface area contributed by atoms with Crippen molar-refractivity contribution in [2.75, 3.05) is 45.8 Å². The molecule has 8 N–H and O–H groups in total. The Morgan fingerprint density at radius 2 is 0.878 bits per heavy atom. The highest BCUT2D eigenvalue weighted by Gasteiger charge is 2.38. The van der Waals surface area contributed by atoms with Crippen molar-refractivity contribution in [3.8, 4) is 0 Å². The SMILES string of the molecule is CCCCCCCCCCCCCC(=O)N1CCCC1C(=O)CC(CCC(=O)O)C(=O)NCCCCC(NC(=O)C(CCC(=O)O)CC(=O)C1CCCN1C(=O)CCCCCCCCCCCCC)C(=O)N(CCCN)CCCCCN. The van der Waals surface area contributed by atoms with Crippen molar-refractivity contribution in [3.63, 3.8) is 0 Å². The van der Waals surface area contributed by atoms with Crippen LogP contribution in [-0.4, -0.2) is 142 Å². The summed E-state index contributed by atoms with van der Waals surface area (Å²) in [7, 11) is 0. The average Bonchev–Trinajstić information content (AvgIpc) is 4.37.